The molecular formula is C21H24N2O4. The Kier molecular flexibility index (Phi) is 4.21. The quantitative estimate of drug-likeness (QED) is 0.895. The molecule has 142 valence electrons. The zero-order valence-corrected chi connectivity index (χ0v) is 15.8. The normalized spacial score (nSPS) is 21.2. The molecule has 4 rings (SSSR count). The number of carbonyl (C=O) groups excluding carboxylic acids is 2. The molecule has 0 bridgehead atoms. The molecule has 6 nitrogen and oxygen atoms in total. The van der Waals surface area contributed by atoms with Crippen LogP contribution in [0.1, 0.15) is 38.9 Å². The fourth-order valence-electron chi connectivity index (χ4n) is 3.45. The summed E-state index contributed by atoms with van der Waals surface area (Å²) >= 11 is 0. The molecule has 2 amide bonds. The van der Waals surface area contributed by atoms with E-state index in [2.05, 4.69) is 5.32 Å². The van der Waals surface area contributed by atoms with E-state index in [9.17, 15) is 9.59 Å². The second-order valence-corrected chi connectivity index (χ2v) is 8.19. The van der Waals surface area contributed by atoms with Gasteiger partial charge in [-0.3, -0.25) is 9.59 Å². The van der Waals surface area contributed by atoms with Crippen molar-refractivity contribution >= 4 is 23.2 Å². The van der Waals surface area contributed by atoms with Crippen LogP contribution in [0.5, 0.6) is 5.75 Å². The van der Waals surface area contributed by atoms with Crippen molar-refractivity contribution in [3.63, 3.8) is 0 Å². The van der Waals surface area contributed by atoms with Gasteiger partial charge < -0.3 is 19.4 Å². The van der Waals surface area contributed by atoms with E-state index in [1.54, 1.807) is 11.2 Å². The van der Waals surface area contributed by atoms with Crippen LogP contribution < -0.4 is 15.0 Å². The molecule has 1 aromatic heterocycles. The fourth-order valence-corrected chi connectivity index (χ4v) is 3.45. The van der Waals surface area contributed by atoms with Crippen LogP contribution in [-0.2, 0) is 9.59 Å². The summed E-state index contributed by atoms with van der Waals surface area (Å²) < 4.78 is 11.1. The third-order valence-electron chi connectivity index (χ3n) is 5.01. The number of anilines is 2. The van der Waals surface area contributed by atoms with Gasteiger partial charge in [0.2, 0.25) is 11.8 Å². The first-order chi connectivity index (χ1) is 12.8. The fraction of sp³-hybridized carbons (Fsp3) is 0.429. The molecule has 6 heteroatoms. The zero-order valence-electron chi connectivity index (χ0n) is 15.8. The average Bonchev–Trinajstić information content (AvgIpc) is 3.25. The highest BCUT2D eigenvalue weighted by Gasteiger charge is 2.46. The Morgan fingerprint density at radius 1 is 1.22 bits per heavy atom. The maximum absolute atomic E-state index is 12.8. The lowest BCUT2D eigenvalue weighted by Gasteiger charge is -2.34. The van der Waals surface area contributed by atoms with Gasteiger partial charge in [-0.1, -0.05) is 20.8 Å². The first-order valence-electron chi connectivity index (χ1n) is 9.27. The molecule has 1 aliphatic heterocycles. The first kappa shape index (κ1) is 17.6. The van der Waals surface area contributed by atoms with Crippen molar-refractivity contribution in [3.8, 4) is 5.75 Å². The lowest BCUT2D eigenvalue weighted by atomic mass is 9.94. The molecule has 1 fully saturated rings. The number of nitrogens with one attached hydrogen (secondary N) is 1. The van der Waals surface area contributed by atoms with E-state index < -0.39 is 5.41 Å². The zero-order chi connectivity index (χ0) is 19.2. The lowest BCUT2D eigenvalue weighted by molar-refractivity contribution is -0.126. The maximum atomic E-state index is 12.8. The van der Waals surface area contributed by atoms with Gasteiger partial charge in [0.25, 0.3) is 0 Å². The SMILES string of the molecule is CC(C)(C)C(=O)N1CCOc2ccc(NC(=O)C3CC3c3ccco3)cc21. The van der Waals surface area contributed by atoms with Crippen LogP contribution in [0.15, 0.2) is 41.0 Å². The van der Waals surface area contributed by atoms with Gasteiger partial charge in [0.15, 0.2) is 0 Å². The molecular weight excluding hydrogens is 344 g/mol. The molecule has 1 N–H and O–H groups in total. The number of benzene rings is 1. The monoisotopic (exact) mass is 368 g/mol. The second-order valence-electron chi connectivity index (χ2n) is 8.19. The van der Waals surface area contributed by atoms with E-state index in [0.717, 1.165) is 12.2 Å². The van der Waals surface area contributed by atoms with Gasteiger partial charge >= 0.3 is 0 Å². The van der Waals surface area contributed by atoms with Crippen LogP contribution in [0.2, 0.25) is 0 Å². The van der Waals surface area contributed by atoms with Crippen LogP contribution in [0.4, 0.5) is 11.4 Å². The second kappa shape index (κ2) is 6.44. The van der Waals surface area contributed by atoms with Crippen LogP contribution in [0.25, 0.3) is 0 Å². The molecule has 1 aliphatic carbocycles. The summed E-state index contributed by atoms with van der Waals surface area (Å²) in [5.74, 6) is 1.61. The highest BCUT2D eigenvalue weighted by Crippen LogP contribution is 2.48. The van der Waals surface area contributed by atoms with Crippen LogP contribution >= 0.6 is 0 Å². The number of rotatable bonds is 3. The summed E-state index contributed by atoms with van der Waals surface area (Å²) in [6, 6.07) is 9.19. The van der Waals surface area contributed by atoms with Crippen molar-refractivity contribution in [1.82, 2.24) is 0 Å². The predicted octanol–water partition coefficient (Wildman–Crippen LogP) is 3.79. The highest BCUT2D eigenvalue weighted by molar-refractivity contribution is 6.00. The summed E-state index contributed by atoms with van der Waals surface area (Å²) in [7, 11) is 0. The Morgan fingerprint density at radius 2 is 2.04 bits per heavy atom. The van der Waals surface area contributed by atoms with E-state index in [4.69, 9.17) is 9.15 Å². The molecule has 2 aromatic rings. The lowest BCUT2D eigenvalue weighted by Crippen LogP contribution is -2.44. The van der Waals surface area contributed by atoms with Gasteiger partial charge in [0, 0.05) is 22.9 Å². The predicted molar refractivity (Wildman–Crippen MR) is 102 cm³/mol. The largest absolute Gasteiger partial charge is 0.490 e. The minimum atomic E-state index is -0.488. The summed E-state index contributed by atoms with van der Waals surface area (Å²) in [4.78, 5) is 27.1. The Bertz CT molecular complexity index is 867. The van der Waals surface area contributed by atoms with Gasteiger partial charge in [-0.05, 0) is 36.8 Å². The van der Waals surface area contributed by atoms with E-state index in [1.165, 1.54) is 0 Å². The standard InChI is InChI=1S/C21H24N2O4/c1-21(2,3)20(25)23-8-10-27-18-7-6-13(11-16(18)23)22-19(24)15-12-14(15)17-5-4-9-26-17/h4-7,9,11,14-15H,8,10,12H2,1-3H3,(H,22,24). The topological polar surface area (TPSA) is 71.8 Å². The Hall–Kier alpha value is -2.76. The molecule has 1 aromatic carbocycles. The Labute approximate surface area is 158 Å². The molecule has 0 spiro atoms. The molecule has 0 saturated heterocycles. The van der Waals surface area contributed by atoms with Gasteiger partial charge in [-0.25, -0.2) is 0 Å². The smallest absolute Gasteiger partial charge is 0.232 e. The van der Waals surface area contributed by atoms with Gasteiger partial charge in [-0.2, -0.15) is 0 Å². The molecule has 2 heterocycles. The third kappa shape index (κ3) is 3.44. The number of hydrogen-bond donors (Lipinski definition) is 1. The number of hydrogen-bond acceptors (Lipinski definition) is 4. The number of ether oxygens (including phenoxy) is 1. The number of amides is 2. The first-order valence-corrected chi connectivity index (χ1v) is 9.27. The molecule has 27 heavy (non-hydrogen) atoms. The average molecular weight is 368 g/mol. The minimum Gasteiger partial charge on any atom is -0.490 e. The molecule has 2 unspecified atom stereocenters. The van der Waals surface area contributed by atoms with E-state index in [-0.39, 0.29) is 23.7 Å². The van der Waals surface area contributed by atoms with Crippen molar-refractivity contribution in [2.75, 3.05) is 23.4 Å². The molecule has 2 aliphatic rings. The summed E-state index contributed by atoms with van der Waals surface area (Å²) in [5, 5.41) is 2.97. The number of nitrogens with zero attached hydrogens (tertiary/aromatic N) is 1. The molecule has 0 radical (unpaired) electrons. The number of furan rings is 1. The van der Waals surface area contributed by atoms with Crippen LogP contribution in [-0.4, -0.2) is 25.0 Å². The Balaban J connectivity index is 1.50. The van der Waals surface area contributed by atoms with E-state index in [0.29, 0.717) is 30.3 Å². The number of fused-ring (bicyclic) bond motifs is 1. The molecule has 2 atom stereocenters. The molecule has 1 saturated carbocycles. The summed E-state index contributed by atoms with van der Waals surface area (Å²) in [6.07, 6.45) is 2.43. The van der Waals surface area contributed by atoms with Crippen molar-refractivity contribution in [2.45, 2.75) is 33.1 Å². The van der Waals surface area contributed by atoms with Crippen molar-refractivity contribution < 1.29 is 18.7 Å². The van der Waals surface area contributed by atoms with Gasteiger partial charge in [0.05, 0.1) is 18.5 Å². The van der Waals surface area contributed by atoms with Crippen molar-refractivity contribution in [1.29, 1.82) is 0 Å². The third-order valence-corrected chi connectivity index (χ3v) is 5.01. The summed E-state index contributed by atoms with van der Waals surface area (Å²) in [6.45, 7) is 6.67. The minimum absolute atomic E-state index is 0.0261. The van der Waals surface area contributed by atoms with Crippen molar-refractivity contribution in [2.24, 2.45) is 11.3 Å². The van der Waals surface area contributed by atoms with Gasteiger partial charge in [-0.15, -0.1) is 0 Å². The Morgan fingerprint density at radius 3 is 2.74 bits per heavy atom. The van der Waals surface area contributed by atoms with Crippen molar-refractivity contribution in [3.05, 3.63) is 42.4 Å². The van der Waals surface area contributed by atoms with Crippen LogP contribution in [0, 0.1) is 11.3 Å². The highest BCUT2D eigenvalue weighted by atomic mass is 16.5. The van der Waals surface area contributed by atoms with E-state index >= 15 is 0 Å². The maximum Gasteiger partial charge on any atom is 0.232 e. The van der Waals surface area contributed by atoms with E-state index in [1.807, 2.05) is 51.1 Å². The van der Waals surface area contributed by atoms with Gasteiger partial charge in [0.1, 0.15) is 18.1 Å². The van der Waals surface area contributed by atoms with Crippen LogP contribution in [0.3, 0.4) is 0 Å². The number of carbonyl (C=O) groups is 2. The summed E-state index contributed by atoms with van der Waals surface area (Å²) in [5.41, 5.74) is 0.886.